The van der Waals surface area contributed by atoms with Crippen molar-refractivity contribution in [1.29, 1.82) is 0 Å². The smallest absolute Gasteiger partial charge is 0.273 e. The molecule has 0 saturated carbocycles. The Morgan fingerprint density at radius 1 is 0.709 bits per heavy atom. The van der Waals surface area contributed by atoms with Crippen LogP contribution in [0.15, 0.2) is 115 Å². The normalized spacial score (nSPS) is 16.7. The molecule has 13 nitrogen and oxygen atoms in total. The van der Waals surface area contributed by atoms with Crippen molar-refractivity contribution in [1.82, 2.24) is 30.6 Å². The summed E-state index contributed by atoms with van der Waals surface area (Å²) in [6, 6.07) is 36.4. The molecule has 2 atom stereocenters. The highest BCUT2D eigenvalue weighted by Crippen LogP contribution is 2.25. The van der Waals surface area contributed by atoms with E-state index in [0.29, 0.717) is 30.3 Å². The van der Waals surface area contributed by atoms with Crippen molar-refractivity contribution >= 4 is 23.2 Å². The molecule has 0 bridgehead atoms. The quantitative estimate of drug-likeness (QED) is 0.120. The van der Waals surface area contributed by atoms with E-state index in [4.69, 9.17) is 14.2 Å². The van der Waals surface area contributed by atoms with Crippen molar-refractivity contribution in [2.45, 2.75) is 12.2 Å². The van der Waals surface area contributed by atoms with Gasteiger partial charge in [-0.2, -0.15) is 10.2 Å². The van der Waals surface area contributed by atoms with Crippen molar-refractivity contribution in [3.05, 3.63) is 138 Å². The lowest BCUT2D eigenvalue weighted by molar-refractivity contribution is 0.0276. The standard InChI is InChI=1S/C21H22N4O3.C21H22N4O2/c1-27-17-4-2-3-15(11-17)18-12-19(25-24-18)21(26)23-16-7-5-14(6-8-16)20-13-22-9-10-28-20;1-25-19(13-18(24-25)15-5-3-2-4-6-15)21(26)23-17-9-7-16(8-10-17)20-14-22-11-12-27-20/h2-8,11-12,20,22H,9-10,13H2,1H3,(H,23,26)(H,24,25);2-10,13,20,22H,11-12,14H2,1H3,(H,23,26)/t2*20-/m11/s1. The Morgan fingerprint density at radius 2 is 1.31 bits per heavy atom. The predicted octanol–water partition coefficient (Wildman–Crippen LogP) is 6.00. The Hall–Kier alpha value is -6.12. The first-order valence-electron chi connectivity index (χ1n) is 18.2. The number of rotatable bonds is 9. The number of benzene rings is 4. The van der Waals surface area contributed by atoms with Crippen molar-refractivity contribution in [2.75, 3.05) is 57.1 Å². The van der Waals surface area contributed by atoms with Crippen molar-refractivity contribution in [3.63, 3.8) is 0 Å². The third-order valence-electron chi connectivity index (χ3n) is 9.31. The maximum Gasteiger partial charge on any atom is 0.273 e. The summed E-state index contributed by atoms with van der Waals surface area (Å²) in [7, 11) is 3.39. The fourth-order valence-electron chi connectivity index (χ4n) is 6.31. The van der Waals surface area contributed by atoms with E-state index in [1.54, 1.807) is 31.0 Å². The molecule has 55 heavy (non-hydrogen) atoms. The Morgan fingerprint density at radius 3 is 1.89 bits per heavy atom. The third kappa shape index (κ3) is 9.52. The van der Waals surface area contributed by atoms with E-state index in [-0.39, 0.29) is 24.0 Å². The number of nitrogens with zero attached hydrogens (tertiary/aromatic N) is 3. The van der Waals surface area contributed by atoms with Crippen LogP contribution in [0.25, 0.3) is 22.5 Å². The molecule has 0 aliphatic carbocycles. The molecule has 2 aliphatic heterocycles. The largest absolute Gasteiger partial charge is 0.497 e. The second-order valence-electron chi connectivity index (χ2n) is 13.1. The van der Waals surface area contributed by atoms with E-state index in [1.807, 2.05) is 103 Å². The number of aryl methyl sites for hydroxylation is 1. The van der Waals surface area contributed by atoms with Crippen LogP contribution in [0.5, 0.6) is 5.75 Å². The number of methoxy groups -OCH3 is 1. The van der Waals surface area contributed by atoms with Crippen LogP contribution in [-0.4, -0.2) is 78.3 Å². The van der Waals surface area contributed by atoms with Gasteiger partial charge >= 0.3 is 0 Å². The number of hydrogen-bond acceptors (Lipinski definition) is 9. The van der Waals surface area contributed by atoms with E-state index >= 15 is 0 Å². The first-order chi connectivity index (χ1) is 26.9. The van der Waals surface area contributed by atoms with Gasteiger partial charge in [-0.15, -0.1) is 0 Å². The number of hydrogen-bond donors (Lipinski definition) is 5. The molecule has 13 heteroatoms. The lowest BCUT2D eigenvalue weighted by atomic mass is 10.1. The fraction of sp³-hybridized carbons (Fsp3) is 0.238. The second-order valence-corrected chi connectivity index (χ2v) is 13.1. The predicted molar refractivity (Wildman–Crippen MR) is 211 cm³/mol. The summed E-state index contributed by atoms with van der Waals surface area (Å²) in [5.74, 6) is 0.309. The summed E-state index contributed by atoms with van der Waals surface area (Å²) in [4.78, 5) is 25.2. The zero-order valence-electron chi connectivity index (χ0n) is 30.7. The summed E-state index contributed by atoms with van der Waals surface area (Å²) < 4.78 is 18.3. The summed E-state index contributed by atoms with van der Waals surface area (Å²) in [5, 5.41) is 23.9. The van der Waals surface area contributed by atoms with Gasteiger partial charge in [0, 0.05) is 55.7 Å². The topological polar surface area (TPSA) is 156 Å². The molecule has 5 N–H and O–H groups in total. The van der Waals surface area contributed by atoms with Gasteiger partial charge in [-0.05, 0) is 59.7 Å². The molecule has 2 amide bonds. The van der Waals surface area contributed by atoms with E-state index in [2.05, 4.69) is 36.6 Å². The number of amides is 2. The molecule has 6 aromatic rings. The number of morpholine rings is 2. The van der Waals surface area contributed by atoms with Gasteiger partial charge in [-0.25, -0.2) is 0 Å². The van der Waals surface area contributed by atoms with Gasteiger partial charge in [0.1, 0.15) is 17.1 Å². The number of aromatic nitrogens is 4. The van der Waals surface area contributed by atoms with Crippen LogP contribution < -0.4 is 26.0 Å². The van der Waals surface area contributed by atoms with Gasteiger partial charge < -0.3 is 35.5 Å². The molecule has 0 unspecified atom stereocenters. The van der Waals surface area contributed by atoms with Crippen molar-refractivity contribution < 1.29 is 23.8 Å². The highest BCUT2D eigenvalue weighted by molar-refractivity contribution is 6.04. The average molecular weight is 741 g/mol. The number of carbonyl (C=O) groups is 2. The lowest BCUT2D eigenvalue weighted by Gasteiger charge is -2.24. The second kappa shape index (κ2) is 17.8. The molecule has 2 fully saturated rings. The summed E-state index contributed by atoms with van der Waals surface area (Å²) >= 11 is 0. The Bertz CT molecular complexity index is 2170. The van der Waals surface area contributed by atoms with Crippen LogP contribution in [-0.2, 0) is 16.5 Å². The van der Waals surface area contributed by atoms with Crippen molar-refractivity contribution in [2.24, 2.45) is 7.05 Å². The first-order valence-corrected chi connectivity index (χ1v) is 18.2. The highest BCUT2D eigenvalue weighted by atomic mass is 16.5. The van der Waals surface area contributed by atoms with Gasteiger partial charge in [0.25, 0.3) is 11.8 Å². The molecular formula is C42H44N8O5. The first kappa shape index (κ1) is 37.2. The number of carbonyl (C=O) groups excluding carboxylic acids is 2. The molecule has 2 aliphatic rings. The van der Waals surface area contributed by atoms with Crippen LogP contribution in [0, 0.1) is 0 Å². The zero-order chi connectivity index (χ0) is 38.0. The molecule has 2 saturated heterocycles. The van der Waals surface area contributed by atoms with Crippen LogP contribution in [0.4, 0.5) is 11.4 Å². The number of ether oxygens (including phenoxy) is 3. The van der Waals surface area contributed by atoms with Crippen molar-refractivity contribution in [3.8, 4) is 28.3 Å². The molecule has 8 rings (SSSR count). The Balaban J connectivity index is 0.000000169. The maximum absolute atomic E-state index is 12.7. The van der Waals surface area contributed by atoms with Gasteiger partial charge in [0.05, 0.1) is 43.9 Å². The molecule has 282 valence electrons. The number of anilines is 2. The molecule has 0 radical (unpaired) electrons. The van der Waals surface area contributed by atoms with E-state index < -0.39 is 0 Å². The minimum atomic E-state index is -0.245. The van der Waals surface area contributed by atoms with Crippen LogP contribution in [0.3, 0.4) is 0 Å². The van der Waals surface area contributed by atoms with E-state index in [0.717, 1.165) is 71.3 Å². The summed E-state index contributed by atoms with van der Waals surface area (Å²) in [5.41, 5.74) is 7.88. The van der Waals surface area contributed by atoms with E-state index in [1.165, 1.54) is 0 Å². The monoisotopic (exact) mass is 740 g/mol. The average Bonchev–Trinajstić information content (AvgIpc) is 3.91. The fourth-order valence-corrected chi connectivity index (χ4v) is 6.31. The SMILES string of the molecule is COc1cccc(-c2cc(C(=O)Nc3ccc([C@H]4CNCCO4)cc3)[nH]n2)c1.Cn1nc(-c2ccccc2)cc1C(=O)Nc1ccc([C@H]2CNCCO2)cc1. The molecule has 4 heterocycles. The number of H-pyrrole nitrogens is 1. The number of nitrogens with one attached hydrogen (secondary N) is 5. The molecule has 2 aromatic heterocycles. The van der Waals surface area contributed by atoms with Crippen LogP contribution in [0.1, 0.15) is 44.3 Å². The number of aromatic amines is 1. The minimum Gasteiger partial charge on any atom is -0.497 e. The molecular weight excluding hydrogens is 697 g/mol. The Labute approximate surface area is 319 Å². The zero-order valence-corrected chi connectivity index (χ0v) is 30.7. The molecule has 4 aromatic carbocycles. The van der Waals surface area contributed by atoms with Crippen LogP contribution >= 0.6 is 0 Å². The maximum atomic E-state index is 12.7. The van der Waals surface area contributed by atoms with E-state index in [9.17, 15) is 9.59 Å². The van der Waals surface area contributed by atoms with Gasteiger partial charge in [0.2, 0.25) is 0 Å². The van der Waals surface area contributed by atoms with Gasteiger partial charge in [0.15, 0.2) is 0 Å². The van der Waals surface area contributed by atoms with Gasteiger partial charge in [-0.3, -0.25) is 19.4 Å². The highest BCUT2D eigenvalue weighted by Gasteiger charge is 2.19. The minimum absolute atomic E-state index is 0.0523. The summed E-state index contributed by atoms with van der Waals surface area (Å²) in [6.07, 6.45) is 0.116. The Kier molecular flexibility index (Phi) is 12.0. The molecule has 0 spiro atoms. The third-order valence-corrected chi connectivity index (χ3v) is 9.31. The van der Waals surface area contributed by atoms with Crippen LogP contribution in [0.2, 0.25) is 0 Å². The van der Waals surface area contributed by atoms with Gasteiger partial charge in [-0.1, -0.05) is 66.7 Å². The summed E-state index contributed by atoms with van der Waals surface area (Å²) in [6.45, 7) is 4.80. The lowest BCUT2D eigenvalue weighted by Crippen LogP contribution is -2.33.